The molecule has 0 spiro atoms. The molecule has 1 aliphatic rings. The average Bonchev–Trinajstić information content (AvgIpc) is 2.78. The summed E-state index contributed by atoms with van der Waals surface area (Å²) in [5, 5.41) is 8.67. The topological polar surface area (TPSA) is 126 Å². The van der Waals surface area contributed by atoms with E-state index in [-0.39, 0.29) is 50.0 Å². The Kier molecular flexibility index (Phi) is 11.5. The molecular weight excluding hydrogens is 500 g/mol. The van der Waals surface area contributed by atoms with Crippen LogP contribution in [0, 0.1) is 5.92 Å². The van der Waals surface area contributed by atoms with Gasteiger partial charge in [0.15, 0.2) is 0 Å². The lowest BCUT2D eigenvalue weighted by molar-refractivity contribution is -0.135. The van der Waals surface area contributed by atoms with Gasteiger partial charge in [-0.15, -0.1) is 0 Å². The summed E-state index contributed by atoms with van der Waals surface area (Å²) in [6.45, 7) is 9.57. The maximum absolute atomic E-state index is 12.9. The van der Waals surface area contributed by atoms with E-state index in [9.17, 15) is 19.2 Å². The first-order chi connectivity index (χ1) is 17.3. The molecule has 1 heterocycles. The Bertz CT molecular complexity index is 963. The first-order valence-electron chi connectivity index (χ1n) is 12.6. The number of rotatable bonds is 4. The summed E-state index contributed by atoms with van der Waals surface area (Å²) in [4.78, 5) is 52.0. The summed E-state index contributed by atoms with van der Waals surface area (Å²) >= 11 is 6.11. The molecule has 10 nitrogen and oxygen atoms in total. The number of alkyl carbamates (subject to hydrolysis) is 1. The first-order valence-corrected chi connectivity index (χ1v) is 13.0. The highest BCUT2D eigenvalue weighted by Crippen LogP contribution is 2.23. The number of hydrogen-bond acceptors (Lipinski definition) is 6. The minimum Gasteiger partial charge on any atom is -0.491 e. The molecule has 37 heavy (non-hydrogen) atoms. The summed E-state index contributed by atoms with van der Waals surface area (Å²) in [6.07, 6.45) is 1.04. The Morgan fingerprint density at radius 3 is 2.65 bits per heavy atom. The lowest BCUT2D eigenvalue weighted by Crippen LogP contribution is -2.49. The van der Waals surface area contributed by atoms with E-state index >= 15 is 0 Å². The molecule has 0 fully saturated rings. The van der Waals surface area contributed by atoms with E-state index in [4.69, 9.17) is 21.1 Å². The number of ether oxygens (including phenoxy) is 2. The van der Waals surface area contributed by atoms with Crippen molar-refractivity contribution in [2.45, 2.75) is 65.5 Å². The van der Waals surface area contributed by atoms with Crippen LogP contribution in [-0.4, -0.2) is 73.1 Å². The van der Waals surface area contributed by atoms with Gasteiger partial charge in [-0.2, -0.15) is 0 Å². The van der Waals surface area contributed by atoms with Crippen molar-refractivity contribution >= 4 is 35.4 Å². The maximum Gasteiger partial charge on any atom is 0.408 e. The third kappa shape index (κ3) is 11.3. The quantitative estimate of drug-likeness (QED) is 0.540. The second-order valence-corrected chi connectivity index (χ2v) is 10.9. The molecule has 0 aliphatic carbocycles. The minimum atomic E-state index is -0.708. The first kappa shape index (κ1) is 30.2. The molecule has 1 aromatic rings. The van der Waals surface area contributed by atoms with Gasteiger partial charge in [0.25, 0.3) is 5.91 Å². The number of carbonyl (C=O) groups is 4. The van der Waals surface area contributed by atoms with Gasteiger partial charge in [0.2, 0.25) is 11.8 Å². The zero-order chi connectivity index (χ0) is 27.6. The molecular formula is C26H39ClN4O6. The number of hydrogen-bond donors (Lipinski definition) is 3. The fraction of sp³-hybridized carbons (Fsp3) is 0.615. The van der Waals surface area contributed by atoms with Gasteiger partial charge in [-0.05, 0) is 64.2 Å². The van der Waals surface area contributed by atoms with Crippen LogP contribution in [0.1, 0.15) is 64.2 Å². The van der Waals surface area contributed by atoms with E-state index in [0.717, 1.165) is 0 Å². The maximum atomic E-state index is 12.9. The van der Waals surface area contributed by atoms with Crippen LogP contribution in [0.4, 0.5) is 4.79 Å². The SMILES string of the molecule is CC(C)C[C@@H]1COc2ccc(Cl)cc2C(=O)NCCCCN(C(=O)CNC(=O)OC(C)(C)C)CC(=O)N1. The average molecular weight is 539 g/mol. The molecule has 0 radical (unpaired) electrons. The zero-order valence-electron chi connectivity index (χ0n) is 22.3. The number of nitrogens with one attached hydrogen (secondary N) is 3. The highest BCUT2D eigenvalue weighted by atomic mass is 35.5. The van der Waals surface area contributed by atoms with Gasteiger partial charge in [-0.1, -0.05) is 25.4 Å². The van der Waals surface area contributed by atoms with E-state index in [2.05, 4.69) is 16.0 Å². The molecule has 0 saturated carbocycles. The number of nitrogens with zero attached hydrogens (tertiary/aromatic N) is 1. The molecule has 1 aliphatic heterocycles. The van der Waals surface area contributed by atoms with Crippen molar-refractivity contribution in [2.24, 2.45) is 5.92 Å². The third-order valence-corrected chi connectivity index (χ3v) is 5.59. The third-order valence-electron chi connectivity index (χ3n) is 5.36. The second-order valence-electron chi connectivity index (χ2n) is 10.5. The predicted molar refractivity (Wildman–Crippen MR) is 141 cm³/mol. The normalized spacial score (nSPS) is 17.9. The van der Waals surface area contributed by atoms with Gasteiger partial charge in [0.1, 0.15) is 24.5 Å². The van der Waals surface area contributed by atoms with E-state index in [1.54, 1.807) is 39.0 Å². The number of carbonyl (C=O) groups excluding carboxylic acids is 4. The van der Waals surface area contributed by atoms with Crippen molar-refractivity contribution in [2.75, 3.05) is 32.8 Å². The summed E-state index contributed by atoms with van der Waals surface area (Å²) in [6, 6.07) is 4.49. The summed E-state index contributed by atoms with van der Waals surface area (Å²) in [5.74, 6) is -0.413. The Morgan fingerprint density at radius 1 is 1.24 bits per heavy atom. The van der Waals surface area contributed by atoms with Crippen molar-refractivity contribution in [3.05, 3.63) is 28.8 Å². The van der Waals surface area contributed by atoms with Crippen molar-refractivity contribution in [3.63, 3.8) is 0 Å². The molecule has 2 rings (SSSR count). The molecule has 3 N–H and O–H groups in total. The Hall–Kier alpha value is -3.01. The molecule has 206 valence electrons. The van der Waals surface area contributed by atoms with E-state index in [1.807, 2.05) is 13.8 Å². The highest BCUT2D eigenvalue weighted by Gasteiger charge is 2.23. The molecule has 1 atom stereocenters. The highest BCUT2D eigenvalue weighted by molar-refractivity contribution is 6.31. The second kappa shape index (κ2) is 14.1. The Labute approximate surface area is 223 Å². The Morgan fingerprint density at radius 2 is 1.97 bits per heavy atom. The summed E-state index contributed by atoms with van der Waals surface area (Å²) < 4.78 is 11.1. The van der Waals surface area contributed by atoms with Gasteiger partial charge < -0.3 is 30.3 Å². The molecule has 0 saturated heterocycles. The van der Waals surface area contributed by atoms with Crippen LogP contribution in [0.5, 0.6) is 5.75 Å². The fourth-order valence-electron chi connectivity index (χ4n) is 3.77. The lowest BCUT2D eigenvalue weighted by Gasteiger charge is -2.26. The van der Waals surface area contributed by atoms with Gasteiger partial charge in [-0.25, -0.2) is 4.79 Å². The smallest absolute Gasteiger partial charge is 0.408 e. The predicted octanol–water partition coefficient (Wildman–Crippen LogP) is 3.13. The fourth-order valence-corrected chi connectivity index (χ4v) is 3.94. The van der Waals surface area contributed by atoms with Crippen LogP contribution in [-0.2, 0) is 14.3 Å². The van der Waals surface area contributed by atoms with Crippen LogP contribution >= 0.6 is 11.6 Å². The van der Waals surface area contributed by atoms with Crippen molar-refractivity contribution in [1.82, 2.24) is 20.9 Å². The standard InChI is InChI=1S/C26H39ClN4O6/c1-17(2)12-19-16-36-21-9-8-18(27)13-20(21)24(34)28-10-6-7-11-31(15-22(32)30-19)23(33)14-29-25(35)37-26(3,4)5/h8-9,13,17,19H,6-7,10-12,14-16H2,1-5H3,(H,28,34)(H,29,35)(H,30,32)/t19-/m1/s1. The van der Waals surface area contributed by atoms with Gasteiger partial charge >= 0.3 is 6.09 Å². The summed E-state index contributed by atoms with van der Waals surface area (Å²) in [5.41, 5.74) is -0.374. The molecule has 4 amide bonds. The molecule has 0 bridgehead atoms. The number of fused-ring (bicyclic) bond motifs is 1. The van der Waals surface area contributed by atoms with Crippen LogP contribution in [0.25, 0.3) is 0 Å². The zero-order valence-corrected chi connectivity index (χ0v) is 23.1. The number of benzene rings is 1. The minimum absolute atomic E-state index is 0.139. The van der Waals surface area contributed by atoms with Crippen LogP contribution in [0.3, 0.4) is 0 Å². The number of halogens is 1. The van der Waals surface area contributed by atoms with Gasteiger partial charge in [0.05, 0.1) is 18.2 Å². The van der Waals surface area contributed by atoms with E-state index in [0.29, 0.717) is 42.1 Å². The Balaban J connectivity index is 2.16. The largest absolute Gasteiger partial charge is 0.491 e. The van der Waals surface area contributed by atoms with Crippen LogP contribution < -0.4 is 20.7 Å². The molecule has 0 unspecified atom stereocenters. The van der Waals surface area contributed by atoms with Crippen LogP contribution in [0.15, 0.2) is 18.2 Å². The van der Waals surface area contributed by atoms with Crippen LogP contribution in [0.2, 0.25) is 5.02 Å². The monoisotopic (exact) mass is 538 g/mol. The van der Waals surface area contributed by atoms with Gasteiger partial charge in [-0.3, -0.25) is 14.4 Å². The van der Waals surface area contributed by atoms with Crippen molar-refractivity contribution < 1.29 is 28.7 Å². The van der Waals surface area contributed by atoms with E-state index < -0.39 is 17.6 Å². The van der Waals surface area contributed by atoms with E-state index in [1.165, 1.54) is 4.90 Å². The van der Waals surface area contributed by atoms with Gasteiger partial charge in [0, 0.05) is 18.1 Å². The van der Waals surface area contributed by atoms with Crippen molar-refractivity contribution in [1.29, 1.82) is 0 Å². The lowest BCUT2D eigenvalue weighted by atomic mass is 10.0. The van der Waals surface area contributed by atoms with Crippen molar-refractivity contribution in [3.8, 4) is 5.75 Å². The summed E-state index contributed by atoms with van der Waals surface area (Å²) in [7, 11) is 0. The molecule has 0 aromatic heterocycles. The molecule has 1 aromatic carbocycles. The number of amides is 4. The molecule has 11 heteroatoms.